The maximum atomic E-state index is 11.8. The summed E-state index contributed by atoms with van der Waals surface area (Å²) in [7, 11) is 0. The third-order valence-corrected chi connectivity index (χ3v) is 3.04. The molecule has 1 N–H and O–H groups in total. The highest BCUT2D eigenvalue weighted by Crippen LogP contribution is 2.23. The first-order valence-electron chi connectivity index (χ1n) is 6.39. The summed E-state index contributed by atoms with van der Waals surface area (Å²) in [5.41, 5.74) is 1.91. The van der Waals surface area contributed by atoms with Gasteiger partial charge in [0.2, 0.25) is 5.91 Å². The largest absolute Gasteiger partial charge is 0.491 e. The Bertz CT molecular complexity index is 599. The molecule has 0 saturated carbocycles. The molecule has 0 radical (unpaired) electrons. The van der Waals surface area contributed by atoms with E-state index in [1.807, 2.05) is 43.3 Å². The topological polar surface area (TPSA) is 38.3 Å². The van der Waals surface area contributed by atoms with E-state index in [0.29, 0.717) is 17.4 Å². The number of hydrogen-bond acceptors (Lipinski definition) is 2. The molecule has 0 unspecified atom stereocenters. The van der Waals surface area contributed by atoms with Crippen LogP contribution in [0.5, 0.6) is 5.75 Å². The molecule has 4 heteroatoms. The predicted octanol–water partition coefficient (Wildman–Crippen LogP) is 4.06. The van der Waals surface area contributed by atoms with E-state index in [4.69, 9.17) is 16.3 Å². The van der Waals surface area contributed by atoms with Crippen molar-refractivity contribution in [1.82, 2.24) is 0 Å². The van der Waals surface area contributed by atoms with E-state index in [2.05, 4.69) is 5.32 Å². The number of aryl methyl sites for hydroxylation is 1. The molecule has 1 amide bonds. The summed E-state index contributed by atoms with van der Waals surface area (Å²) in [5.74, 6) is 0.514. The van der Waals surface area contributed by atoms with E-state index in [1.54, 1.807) is 12.1 Å². The lowest BCUT2D eigenvalue weighted by atomic mass is 10.2. The molecule has 104 valence electrons. The fourth-order valence-corrected chi connectivity index (χ4v) is 1.95. The van der Waals surface area contributed by atoms with E-state index in [0.717, 1.165) is 11.3 Å². The van der Waals surface area contributed by atoms with Crippen molar-refractivity contribution >= 4 is 23.2 Å². The van der Waals surface area contributed by atoms with Crippen molar-refractivity contribution < 1.29 is 9.53 Å². The molecule has 0 aliphatic heterocycles. The Labute approximate surface area is 123 Å². The first-order valence-corrected chi connectivity index (χ1v) is 6.77. The van der Waals surface area contributed by atoms with Crippen LogP contribution < -0.4 is 10.1 Å². The number of nitrogens with one attached hydrogen (secondary N) is 1. The zero-order chi connectivity index (χ0) is 14.4. The van der Waals surface area contributed by atoms with Gasteiger partial charge in [0, 0.05) is 5.69 Å². The molecule has 0 aliphatic carbocycles. The van der Waals surface area contributed by atoms with Gasteiger partial charge in [0.25, 0.3) is 0 Å². The highest BCUT2D eigenvalue weighted by atomic mass is 35.5. The first kappa shape index (κ1) is 14.4. The van der Waals surface area contributed by atoms with Gasteiger partial charge in [0.15, 0.2) is 0 Å². The zero-order valence-corrected chi connectivity index (χ0v) is 12.0. The Morgan fingerprint density at radius 1 is 1.20 bits per heavy atom. The molecule has 0 heterocycles. The average Bonchev–Trinajstić information content (AvgIpc) is 2.41. The van der Waals surface area contributed by atoms with Gasteiger partial charge < -0.3 is 10.1 Å². The summed E-state index contributed by atoms with van der Waals surface area (Å²) in [6.07, 6.45) is 0.277. The number of carbonyl (C=O) groups excluding carboxylic acids is 1. The molecular weight excluding hydrogens is 274 g/mol. The monoisotopic (exact) mass is 289 g/mol. The van der Waals surface area contributed by atoms with Crippen LogP contribution in [-0.4, -0.2) is 12.5 Å². The van der Waals surface area contributed by atoms with Crippen molar-refractivity contribution in [1.29, 1.82) is 0 Å². The third-order valence-electron chi connectivity index (χ3n) is 2.73. The Morgan fingerprint density at radius 2 is 2.00 bits per heavy atom. The van der Waals surface area contributed by atoms with Gasteiger partial charge in [-0.15, -0.1) is 0 Å². The molecule has 0 spiro atoms. The maximum Gasteiger partial charge on any atom is 0.227 e. The summed E-state index contributed by atoms with van der Waals surface area (Å²) < 4.78 is 5.48. The van der Waals surface area contributed by atoms with Crippen molar-refractivity contribution in [3.63, 3.8) is 0 Å². The number of amides is 1. The molecule has 2 rings (SSSR count). The van der Waals surface area contributed by atoms with Crippen LogP contribution in [0.15, 0.2) is 48.5 Å². The summed E-state index contributed by atoms with van der Waals surface area (Å²) in [5, 5.41) is 3.38. The van der Waals surface area contributed by atoms with Crippen molar-refractivity contribution in [2.75, 3.05) is 11.9 Å². The number of carbonyl (C=O) groups is 1. The number of anilines is 1. The van der Waals surface area contributed by atoms with Crippen LogP contribution in [0, 0.1) is 6.92 Å². The molecule has 2 aromatic rings. The Balaban J connectivity index is 1.80. The summed E-state index contributed by atoms with van der Waals surface area (Å²) in [4.78, 5) is 11.8. The SMILES string of the molecule is Cc1cccc(NC(=O)CCOc2ccccc2Cl)c1. The fraction of sp³-hybridized carbons (Fsp3) is 0.188. The normalized spacial score (nSPS) is 10.1. The Hall–Kier alpha value is -2.00. The highest BCUT2D eigenvalue weighted by molar-refractivity contribution is 6.32. The third kappa shape index (κ3) is 4.28. The van der Waals surface area contributed by atoms with Crippen LogP contribution in [-0.2, 0) is 4.79 Å². The lowest BCUT2D eigenvalue weighted by Crippen LogP contribution is -2.15. The van der Waals surface area contributed by atoms with Crippen LogP contribution in [0.25, 0.3) is 0 Å². The van der Waals surface area contributed by atoms with Crippen molar-refractivity contribution in [3.05, 3.63) is 59.1 Å². The predicted molar refractivity (Wildman–Crippen MR) is 81.4 cm³/mol. The molecule has 0 bridgehead atoms. The van der Waals surface area contributed by atoms with Crippen LogP contribution in [0.4, 0.5) is 5.69 Å². The summed E-state index contributed by atoms with van der Waals surface area (Å²) in [6.45, 7) is 2.28. The highest BCUT2D eigenvalue weighted by Gasteiger charge is 2.04. The smallest absolute Gasteiger partial charge is 0.227 e. The minimum Gasteiger partial charge on any atom is -0.491 e. The molecule has 3 nitrogen and oxygen atoms in total. The lowest BCUT2D eigenvalue weighted by molar-refractivity contribution is -0.116. The number of para-hydroxylation sites is 1. The number of halogens is 1. The van der Waals surface area contributed by atoms with Gasteiger partial charge in [-0.25, -0.2) is 0 Å². The van der Waals surface area contributed by atoms with Crippen LogP contribution in [0.3, 0.4) is 0 Å². The fourth-order valence-electron chi connectivity index (χ4n) is 1.76. The molecular formula is C16H16ClNO2. The quantitative estimate of drug-likeness (QED) is 0.901. The molecule has 0 saturated heterocycles. The number of benzene rings is 2. The molecule has 0 aliphatic rings. The molecule has 0 fully saturated rings. The van der Waals surface area contributed by atoms with Crippen molar-refractivity contribution in [2.24, 2.45) is 0 Å². The van der Waals surface area contributed by atoms with Gasteiger partial charge in [-0.1, -0.05) is 35.9 Å². The second kappa shape index (κ2) is 6.96. The van der Waals surface area contributed by atoms with Gasteiger partial charge in [-0.05, 0) is 36.8 Å². The van der Waals surface area contributed by atoms with Crippen molar-refractivity contribution in [3.8, 4) is 5.75 Å². The average molecular weight is 290 g/mol. The maximum absolute atomic E-state index is 11.8. The minimum atomic E-state index is -0.0809. The second-order valence-electron chi connectivity index (χ2n) is 4.45. The van der Waals surface area contributed by atoms with Crippen LogP contribution in [0.2, 0.25) is 5.02 Å². The summed E-state index contributed by atoms with van der Waals surface area (Å²) >= 11 is 5.96. The summed E-state index contributed by atoms with van der Waals surface area (Å²) in [6, 6.07) is 14.9. The van der Waals surface area contributed by atoms with Gasteiger partial charge in [-0.3, -0.25) is 4.79 Å². The molecule has 0 atom stereocenters. The first-order chi connectivity index (χ1) is 9.65. The minimum absolute atomic E-state index is 0.0809. The van der Waals surface area contributed by atoms with Crippen molar-refractivity contribution in [2.45, 2.75) is 13.3 Å². The standard InChI is InChI=1S/C16H16ClNO2/c1-12-5-4-6-13(11-12)18-16(19)9-10-20-15-8-3-2-7-14(15)17/h2-8,11H,9-10H2,1H3,(H,18,19). The molecule has 0 aromatic heterocycles. The van der Waals surface area contributed by atoms with Gasteiger partial charge in [0.05, 0.1) is 18.1 Å². The van der Waals surface area contributed by atoms with Gasteiger partial charge in [0.1, 0.15) is 5.75 Å². The van der Waals surface area contributed by atoms with E-state index in [-0.39, 0.29) is 12.3 Å². The van der Waals surface area contributed by atoms with E-state index < -0.39 is 0 Å². The van der Waals surface area contributed by atoms with Crippen LogP contribution >= 0.6 is 11.6 Å². The lowest BCUT2D eigenvalue weighted by Gasteiger charge is -2.08. The molecule has 20 heavy (non-hydrogen) atoms. The Kier molecular flexibility index (Phi) is 5.02. The zero-order valence-electron chi connectivity index (χ0n) is 11.2. The molecule has 2 aromatic carbocycles. The van der Waals surface area contributed by atoms with E-state index in [9.17, 15) is 4.79 Å². The van der Waals surface area contributed by atoms with E-state index >= 15 is 0 Å². The number of hydrogen-bond donors (Lipinski definition) is 1. The number of rotatable bonds is 5. The number of ether oxygens (including phenoxy) is 1. The Morgan fingerprint density at radius 3 is 2.75 bits per heavy atom. The second-order valence-corrected chi connectivity index (χ2v) is 4.85. The van der Waals surface area contributed by atoms with E-state index in [1.165, 1.54) is 0 Å². The van der Waals surface area contributed by atoms with Gasteiger partial charge in [-0.2, -0.15) is 0 Å². The van der Waals surface area contributed by atoms with Crippen LogP contribution in [0.1, 0.15) is 12.0 Å². The van der Waals surface area contributed by atoms with Gasteiger partial charge >= 0.3 is 0 Å².